The Morgan fingerprint density at radius 2 is 1.61 bits per heavy atom. The van der Waals surface area contributed by atoms with Crippen molar-refractivity contribution in [1.29, 1.82) is 0 Å². The van der Waals surface area contributed by atoms with E-state index in [1.54, 1.807) is 13.0 Å². The number of allylic oxidation sites excluding steroid dienone is 1. The first-order chi connectivity index (χ1) is 14.7. The number of alkyl halides is 2. The molecule has 0 bridgehead atoms. The molecule has 1 aliphatic rings. The van der Waals surface area contributed by atoms with Crippen molar-refractivity contribution in [3.8, 4) is 16.9 Å². The molecule has 0 saturated heterocycles. The van der Waals surface area contributed by atoms with Crippen molar-refractivity contribution in [3.05, 3.63) is 65.8 Å². The Morgan fingerprint density at radius 3 is 2.23 bits per heavy atom. The van der Waals surface area contributed by atoms with Crippen LogP contribution < -0.4 is 4.74 Å². The molecule has 2 aromatic carbocycles. The molecule has 7 heteroatoms. The molecule has 1 saturated carbocycles. The molecule has 31 heavy (non-hydrogen) atoms. The van der Waals surface area contributed by atoms with E-state index >= 15 is 0 Å². The topological polar surface area (TPSA) is 9.23 Å². The van der Waals surface area contributed by atoms with Crippen LogP contribution in [0.25, 0.3) is 11.1 Å². The van der Waals surface area contributed by atoms with Crippen molar-refractivity contribution in [1.82, 2.24) is 0 Å². The standard InChI is InChI=1S/C24H24F6O/c1-3-5-6-15-8-7-14(13-24(15,29)30)16-9-10-17(21(26)20(16)25)18-11-12-19(31-4-2)23(28)22(18)27/h3,9-12,14-15H,1,4-8,13H2,2H3. The highest BCUT2D eigenvalue weighted by molar-refractivity contribution is 5.66. The minimum absolute atomic E-state index is 0.105. The second-order valence-electron chi connectivity index (χ2n) is 7.80. The summed E-state index contributed by atoms with van der Waals surface area (Å²) in [4.78, 5) is 0. The van der Waals surface area contributed by atoms with Gasteiger partial charge in [-0.1, -0.05) is 18.2 Å². The summed E-state index contributed by atoms with van der Waals surface area (Å²) in [5.41, 5.74) is -1.12. The molecule has 168 valence electrons. The normalized spacial score (nSPS) is 20.5. The average molecular weight is 442 g/mol. The summed E-state index contributed by atoms with van der Waals surface area (Å²) in [6, 6.07) is 4.52. The molecular formula is C24H24F6O. The molecule has 0 aromatic heterocycles. The maximum atomic E-state index is 14.8. The molecule has 0 aliphatic heterocycles. The molecule has 0 radical (unpaired) electrons. The summed E-state index contributed by atoms with van der Waals surface area (Å²) in [5.74, 6) is -10.4. The quantitative estimate of drug-likeness (QED) is 0.314. The number of hydrogen-bond donors (Lipinski definition) is 0. The Morgan fingerprint density at radius 1 is 0.968 bits per heavy atom. The van der Waals surface area contributed by atoms with Crippen LogP contribution in [0.4, 0.5) is 26.3 Å². The smallest absolute Gasteiger partial charge is 0.251 e. The summed E-state index contributed by atoms with van der Waals surface area (Å²) < 4.78 is 92.3. The lowest BCUT2D eigenvalue weighted by molar-refractivity contribution is -0.0942. The van der Waals surface area contributed by atoms with Crippen molar-refractivity contribution < 1.29 is 31.1 Å². The van der Waals surface area contributed by atoms with E-state index < -0.39 is 58.6 Å². The van der Waals surface area contributed by atoms with Crippen molar-refractivity contribution in [3.63, 3.8) is 0 Å². The lowest BCUT2D eigenvalue weighted by Crippen LogP contribution is -2.35. The minimum atomic E-state index is -3.00. The van der Waals surface area contributed by atoms with Crippen LogP contribution in [0.5, 0.6) is 5.75 Å². The van der Waals surface area contributed by atoms with Crippen molar-refractivity contribution in [2.45, 2.75) is 50.9 Å². The van der Waals surface area contributed by atoms with Gasteiger partial charge in [0.1, 0.15) is 0 Å². The van der Waals surface area contributed by atoms with E-state index in [1.165, 1.54) is 6.07 Å². The summed E-state index contributed by atoms with van der Waals surface area (Å²) in [7, 11) is 0. The molecule has 2 aromatic rings. The first-order valence-corrected chi connectivity index (χ1v) is 10.3. The lowest BCUT2D eigenvalue weighted by Gasteiger charge is -2.36. The first-order valence-electron chi connectivity index (χ1n) is 10.3. The second kappa shape index (κ2) is 9.37. The molecule has 1 aliphatic carbocycles. The number of ether oxygens (including phenoxy) is 1. The van der Waals surface area contributed by atoms with Gasteiger partial charge >= 0.3 is 0 Å². The molecule has 0 amide bonds. The van der Waals surface area contributed by atoms with Gasteiger partial charge in [-0.05, 0) is 56.2 Å². The fourth-order valence-corrected chi connectivity index (χ4v) is 4.25. The zero-order valence-electron chi connectivity index (χ0n) is 17.2. The average Bonchev–Trinajstić information content (AvgIpc) is 2.73. The maximum absolute atomic E-state index is 14.8. The molecule has 1 nitrogen and oxygen atoms in total. The van der Waals surface area contributed by atoms with Gasteiger partial charge in [0, 0.05) is 23.5 Å². The van der Waals surface area contributed by atoms with Crippen LogP contribution in [0.15, 0.2) is 36.9 Å². The van der Waals surface area contributed by atoms with Gasteiger partial charge in [-0.3, -0.25) is 0 Å². The van der Waals surface area contributed by atoms with Crippen molar-refractivity contribution in [2.24, 2.45) is 5.92 Å². The third-order valence-corrected chi connectivity index (χ3v) is 5.89. The highest BCUT2D eigenvalue weighted by Gasteiger charge is 2.45. The third-order valence-electron chi connectivity index (χ3n) is 5.89. The first kappa shape index (κ1) is 23.2. The maximum Gasteiger partial charge on any atom is 0.251 e. The van der Waals surface area contributed by atoms with E-state index in [0.29, 0.717) is 19.3 Å². The van der Waals surface area contributed by atoms with Crippen molar-refractivity contribution >= 4 is 0 Å². The molecule has 3 rings (SSSR count). The Hall–Kier alpha value is -2.44. The summed E-state index contributed by atoms with van der Waals surface area (Å²) in [6.07, 6.45) is 2.23. The SMILES string of the molecule is C=CCCC1CCC(c2ccc(-c3ccc(OCC)c(F)c3F)c(F)c2F)CC1(F)F. The molecular weight excluding hydrogens is 418 g/mol. The van der Waals surface area contributed by atoms with E-state index in [4.69, 9.17) is 4.74 Å². The highest BCUT2D eigenvalue weighted by Crippen LogP contribution is 2.48. The van der Waals surface area contributed by atoms with Crippen LogP contribution in [0.3, 0.4) is 0 Å². The van der Waals surface area contributed by atoms with E-state index in [1.807, 2.05) is 0 Å². The van der Waals surface area contributed by atoms with E-state index in [2.05, 4.69) is 6.58 Å². The van der Waals surface area contributed by atoms with Gasteiger partial charge in [-0.15, -0.1) is 6.58 Å². The monoisotopic (exact) mass is 442 g/mol. The number of rotatable bonds is 7. The predicted molar refractivity (Wildman–Crippen MR) is 107 cm³/mol. The Bertz CT molecular complexity index is 956. The number of hydrogen-bond acceptors (Lipinski definition) is 1. The van der Waals surface area contributed by atoms with Gasteiger partial charge in [0.15, 0.2) is 23.2 Å². The fourth-order valence-electron chi connectivity index (χ4n) is 4.25. The molecule has 2 atom stereocenters. The van der Waals surface area contributed by atoms with Crippen LogP contribution in [-0.2, 0) is 0 Å². The predicted octanol–water partition coefficient (Wildman–Crippen LogP) is 7.79. The zero-order valence-corrected chi connectivity index (χ0v) is 17.2. The zero-order chi connectivity index (χ0) is 22.8. The van der Waals surface area contributed by atoms with Crippen LogP contribution in [-0.4, -0.2) is 12.5 Å². The highest BCUT2D eigenvalue weighted by atomic mass is 19.3. The number of benzene rings is 2. The van der Waals surface area contributed by atoms with Gasteiger partial charge < -0.3 is 4.74 Å². The molecule has 0 N–H and O–H groups in total. The summed E-state index contributed by atoms with van der Waals surface area (Å²) in [6.45, 7) is 5.24. The van der Waals surface area contributed by atoms with Gasteiger partial charge in [0.25, 0.3) is 5.92 Å². The van der Waals surface area contributed by atoms with Gasteiger partial charge in [-0.2, -0.15) is 4.39 Å². The summed E-state index contributed by atoms with van der Waals surface area (Å²) >= 11 is 0. The Balaban J connectivity index is 1.90. The molecule has 0 spiro atoms. The van der Waals surface area contributed by atoms with E-state index in [9.17, 15) is 26.3 Å². The van der Waals surface area contributed by atoms with Gasteiger partial charge in [0.2, 0.25) is 5.82 Å². The Kier molecular flexibility index (Phi) is 7.02. The molecule has 2 unspecified atom stereocenters. The van der Waals surface area contributed by atoms with Crippen LogP contribution in [0.1, 0.15) is 50.5 Å². The molecule has 0 heterocycles. The minimum Gasteiger partial charge on any atom is -0.491 e. The van der Waals surface area contributed by atoms with Gasteiger partial charge in [0.05, 0.1) is 6.61 Å². The molecule has 1 fully saturated rings. The van der Waals surface area contributed by atoms with Crippen molar-refractivity contribution in [2.75, 3.05) is 6.61 Å². The largest absolute Gasteiger partial charge is 0.491 e. The second-order valence-corrected chi connectivity index (χ2v) is 7.80. The Labute approximate surface area is 177 Å². The number of halogens is 6. The van der Waals surface area contributed by atoms with Crippen LogP contribution >= 0.6 is 0 Å². The van der Waals surface area contributed by atoms with Gasteiger partial charge in [-0.25, -0.2) is 22.0 Å². The van der Waals surface area contributed by atoms with E-state index in [0.717, 1.165) is 18.2 Å². The lowest BCUT2D eigenvalue weighted by atomic mass is 9.74. The van der Waals surface area contributed by atoms with E-state index in [-0.39, 0.29) is 24.3 Å². The fraction of sp³-hybridized carbons (Fsp3) is 0.417. The third kappa shape index (κ3) is 4.60. The summed E-state index contributed by atoms with van der Waals surface area (Å²) in [5, 5.41) is 0. The van der Waals surface area contributed by atoms with Crippen LogP contribution in [0, 0.1) is 29.2 Å². The van der Waals surface area contributed by atoms with Crippen LogP contribution in [0.2, 0.25) is 0 Å².